The van der Waals surface area contributed by atoms with Crippen molar-refractivity contribution in [2.24, 2.45) is 12.8 Å². The first-order valence-corrected chi connectivity index (χ1v) is 7.37. The van der Waals surface area contributed by atoms with Gasteiger partial charge >= 0.3 is 0 Å². The Bertz CT molecular complexity index is 716. The molecule has 6 heteroatoms. The van der Waals surface area contributed by atoms with Crippen molar-refractivity contribution in [1.82, 2.24) is 9.36 Å². The summed E-state index contributed by atoms with van der Waals surface area (Å²) in [4.78, 5) is 24.7. The van der Waals surface area contributed by atoms with Gasteiger partial charge in [-0.15, -0.1) is 0 Å². The van der Waals surface area contributed by atoms with E-state index in [9.17, 15) is 9.59 Å². The molecule has 0 saturated carbocycles. The fraction of sp³-hybridized carbons (Fsp3) is 0.375. The molecule has 2 aromatic rings. The average Bonchev–Trinajstić information content (AvgIpc) is 2.72. The van der Waals surface area contributed by atoms with Crippen LogP contribution in [0.5, 0.6) is 0 Å². The predicted molar refractivity (Wildman–Crippen MR) is 87.3 cm³/mol. The van der Waals surface area contributed by atoms with Crippen molar-refractivity contribution < 1.29 is 4.79 Å². The highest BCUT2D eigenvalue weighted by molar-refractivity contribution is 5.95. The predicted octanol–water partition coefficient (Wildman–Crippen LogP) is 1.55. The number of benzene rings is 1. The minimum atomic E-state index is -0.603. The van der Waals surface area contributed by atoms with E-state index in [0.717, 1.165) is 12.1 Å². The molecule has 6 nitrogen and oxygen atoms in total. The van der Waals surface area contributed by atoms with E-state index in [1.807, 2.05) is 37.3 Å². The summed E-state index contributed by atoms with van der Waals surface area (Å²) in [5, 5.41) is 2.68. The monoisotopic (exact) mass is 302 g/mol. The normalized spacial score (nSPS) is 12.2. The van der Waals surface area contributed by atoms with E-state index in [1.165, 1.54) is 4.68 Å². The van der Waals surface area contributed by atoms with Gasteiger partial charge in [0.15, 0.2) is 0 Å². The molecule has 0 aliphatic rings. The second-order valence-corrected chi connectivity index (χ2v) is 5.32. The molecular formula is C16H22N4O2. The van der Waals surface area contributed by atoms with Gasteiger partial charge in [0.25, 0.3) is 5.56 Å². The number of nitrogens with zero attached hydrogens (tertiary/aromatic N) is 2. The Labute approximate surface area is 129 Å². The largest absolute Gasteiger partial charge is 0.320 e. The molecule has 0 saturated heterocycles. The van der Waals surface area contributed by atoms with Gasteiger partial charge in [-0.3, -0.25) is 14.3 Å². The van der Waals surface area contributed by atoms with Crippen LogP contribution in [0.1, 0.15) is 25.5 Å². The molecule has 0 radical (unpaired) electrons. The number of hydrogen-bond donors (Lipinski definition) is 2. The zero-order chi connectivity index (χ0) is 16.3. The van der Waals surface area contributed by atoms with Crippen LogP contribution >= 0.6 is 0 Å². The summed E-state index contributed by atoms with van der Waals surface area (Å²) >= 11 is 0. The van der Waals surface area contributed by atoms with Crippen LogP contribution in [0, 0.1) is 6.92 Å². The molecule has 22 heavy (non-hydrogen) atoms. The van der Waals surface area contributed by atoms with Crippen molar-refractivity contribution in [3.63, 3.8) is 0 Å². The van der Waals surface area contributed by atoms with Crippen molar-refractivity contribution in [3.05, 3.63) is 46.4 Å². The number of nitrogens with two attached hydrogens (primary N) is 1. The zero-order valence-electron chi connectivity index (χ0n) is 13.2. The van der Waals surface area contributed by atoms with Crippen LogP contribution < -0.4 is 16.6 Å². The molecule has 0 aliphatic heterocycles. The lowest BCUT2D eigenvalue weighted by Crippen LogP contribution is -2.36. The number of carbonyl (C=O) groups is 1. The molecule has 3 N–H and O–H groups in total. The first kappa shape index (κ1) is 16.0. The van der Waals surface area contributed by atoms with Crippen molar-refractivity contribution in [1.29, 1.82) is 0 Å². The summed E-state index contributed by atoms with van der Waals surface area (Å²) in [5.41, 5.74) is 7.26. The first-order chi connectivity index (χ1) is 10.5. The molecule has 1 amide bonds. The summed E-state index contributed by atoms with van der Waals surface area (Å²) in [5.74, 6) is -0.326. The molecule has 1 heterocycles. The van der Waals surface area contributed by atoms with Crippen LogP contribution in [0.3, 0.4) is 0 Å². The third-order valence-electron chi connectivity index (χ3n) is 3.74. The third kappa shape index (κ3) is 2.96. The Morgan fingerprint density at radius 3 is 2.55 bits per heavy atom. The standard InChI is InChI=1S/C16H22N4O2/c1-4-8-13(17)15(21)18-14-11(2)19(3)20(16(14)22)12-9-6-5-7-10-12/h5-7,9-10,13H,4,8,17H2,1-3H3,(H,18,21). The second-order valence-electron chi connectivity index (χ2n) is 5.32. The van der Waals surface area contributed by atoms with Crippen LogP contribution in [-0.2, 0) is 11.8 Å². The van der Waals surface area contributed by atoms with Crippen LogP contribution in [0.25, 0.3) is 5.69 Å². The number of carbonyl (C=O) groups excluding carboxylic acids is 1. The van der Waals surface area contributed by atoms with Gasteiger partial charge in [0, 0.05) is 7.05 Å². The SMILES string of the molecule is CCCC(N)C(=O)Nc1c(C)n(C)n(-c2ccccc2)c1=O. The minimum Gasteiger partial charge on any atom is -0.320 e. The highest BCUT2D eigenvalue weighted by Gasteiger charge is 2.20. The number of anilines is 1. The Kier molecular flexibility index (Phi) is 4.82. The minimum absolute atomic E-state index is 0.261. The number of hydrogen-bond acceptors (Lipinski definition) is 3. The Balaban J connectivity index is 2.39. The quantitative estimate of drug-likeness (QED) is 0.879. The van der Waals surface area contributed by atoms with E-state index in [4.69, 9.17) is 5.73 Å². The zero-order valence-corrected chi connectivity index (χ0v) is 13.2. The molecule has 1 unspecified atom stereocenters. The van der Waals surface area contributed by atoms with E-state index >= 15 is 0 Å². The maximum atomic E-state index is 12.6. The number of nitrogens with one attached hydrogen (secondary N) is 1. The van der Waals surface area contributed by atoms with Crippen LogP contribution in [0.4, 0.5) is 5.69 Å². The van der Waals surface area contributed by atoms with Gasteiger partial charge in [-0.25, -0.2) is 4.68 Å². The van der Waals surface area contributed by atoms with Gasteiger partial charge in [0.2, 0.25) is 5.91 Å². The Morgan fingerprint density at radius 2 is 1.95 bits per heavy atom. The highest BCUT2D eigenvalue weighted by Crippen LogP contribution is 2.14. The first-order valence-electron chi connectivity index (χ1n) is 7.37. The maximum Gasteiger partial charge on any atom is 0.295 e. The topological polar surface area (TPSA) is 82.1 Å². The molecule has 0 fully saturated rings. The van der Waals surface area contributed by atoms with Gasteiger partial charge in [-0.2, -0.15) is 0 Å². The summed E-state index contributed by atoms with van der Waals surface area (Å²) in [6.45, 7) is 3.76. The number of aromatic nitrogens is 2. The third-order valence-corrected chi connectivity index (χ3v) is 3.74. The van der Waals surface area contributed by atoms with Crippen LogP contribution in [0.2, 0.25) is 0 Å². The van der Waals surface area contributed by atoms with E-state index < -0.39 is 6.04 Å². The molecule has 1 aromatic carbocycles. The van der Waals surface area contributed by atoms with Gasteiger partial charge in [0.05, 0.1) is 17.4 Å². The lowest BCUT2D eigenvalue weighted by molar-refractivity contribution is -0.117. The average molecular weight is 302 g/mol. The van der Waals surface area contributed by atoms with Crippen molar-refractivity contribution in [2.75, 3.05) is 5.32 Å². The molecule has 0 bridgehead atoms. The lowest BCUT2D eigenvalue weighted by Gasteiger charge is -2.10. The summed E-state index contributed by atoms with van der Waals surface area (Å²) in [6.07, 6.45) is 1.40. The number of para-hydroxylation sites is 1. The smallest absolute Gasteiger partial charge is 0.295 e. The second kappa shape index (κ2) is 6.62. The lowest BCUT2D eigenvalue weighted by atomic mass is 10.1. The molecule has 1 aromatic heterocycles. The van der Waals surface area contributed by atoms with Crippen molar-refractivity contribution in [2.45, 2.75) is 32.7 Å². The molecular weight excluding hydrogens is 280 g/mol. The highest BCUT2D eigenvalue weighted by atomic mass is 16.2. The Hall–Kier alpha value is -2.34. The van der Waals surface area contributed by atoms with Gasteiger partial charge < -0.3 is 11.1 Å². The summed E-state index contributed by atoms with van der Waals surface area (Å²) in [7, 11) is 1.78. The maximum absolute atomic E-state index is 12.6. The fourth-order valence-electron chi connectivity index (χ4n) is 2.37. The number of rotatable bonds is 5. The van der Waals surface area contributed by atoms with Crippen molar-refractivity contribution in [3.8, 4) is 5.69 Å². The fourth-order valence-corrected chi connectivity index (χ4v) is 2.37. The molecule has 0 aliphatic carbocycles. The molecule has 1 atom stereocenters. The van der Waals surface area contributed by atoms with Crippen molar-refractivity contribution >= 4 is 11.6 Å². The summed E-state index contributed by atoms with van der Waals surface area (Å²) in [6, 6.07) is 8.69. The van der Waals surface area contributed by atoms with Gasteiger partial charge in [-0.05, 0) is 25.5 Å². The molecule has 2 rings (SSSR count). The van der Waals surface area contributed by atoms with Crippen LogP contribution in [-0.4, -0.2) is 21.3 Å². The molecule has 118 valence electrons. The van der Waals surface area contributed by atoms with E-state index in [1.54, 1.807) is 18.7 Å². The van der Waals surface area contributed by atoms with E-state index in [0.29, 0.717) is 12.1 Å². The molecule has 0 spiro atoms. The van der Waals surface area contributed by atoms with Crippen LogP contribution in [0.15, 0.2) is 35.1 Å². The van der Waals surface area contributed by atoms with E-state index in [-0.39, 0.29) is 17.2 Å². The van der Waals surface area contributed by atoms with Gasteiger partial charge in [-0.1, -0.05) is 31.5 Å². The Morgan fingerprint density at radius 1 is 1.32 bits per heavy atom. The number of amides is 1. The van der Waals surface area contributed by atoms with Gasteiger partial charge in [0.1, 0.15) is 5.69 Å². The van der Waals surface area contributed by atoms with E-state index in [2.05, 4.69) is 5.32 Å². The summed E-state index contributed by atoms with van der Waals surface area (Å²) < 4.78 is 3.24.